The van der Waals surface area contributed by atoms with E-state index < -0.39 is 32.6 Å². The van der Waals surface area contributed by atoms with E-state index in [2.05, 4.69) is 10.4 Å². The standard InChI is InChI=1S/C19H23F3N4O3S/c1-11-12(2)25-26(10-13-5-7-19(21,22)8-6-13)17(11)18(27)24-14-3-4-15(20)16(9-14)30(23,28)29/h3-4,9,13H,5-8,10H2,1-2H3,(H,24,27)(H2,23,28,29). The number of alkyl halides is 2. The van der Waals surface area contributed by atoms with Crippen LogP contribution in [0.5, 0.6) is 0 Å². The molecule has 0 aliphatic heterocycles. The van der Waals surface area contributed by atoms with E-state index in [0.717, 1.165) is 12.1 Å². The van der Waals surface area contributed by atoms with Crippen LogP contribution in [0.25, 0.3) is 0 Å². The van der Waals surface area contributed by atoms with Crippen LogP contribution in [0.3, 0.4) is 0 Å². The summed E-state index contributed by atoms with van der Waals surface area (Å²) in [5.41, 5.74) is 1.52. The minimum Gasteiger partial charge on any atom is -0.321 e. The minimum absolute atomic E-state index is 0.0327. The molecule has 1 fully saturated rings. The zero-order valence-electron chi connectivity index (χ0n) is 16.6. The number of carbonyl (C=O) groups excluding carboxylic acids is 1. The van der Waals surface area contributed by atoms with Crippen molar-refractivity contribution in [3.63, 3.8) is 0 Å². The van der Waals surface area contributed by atoms with Gasteiger partial charge in [-0.15, -0.1) is 0 Å². The Kier molecular flexibility index (Phi) is 5.96. The van der Waals surface area contributed by atoms with Gasteiger partial charge >= 0.3 is 0 Å². The second-order valence-electron chi connectivity index (χ2n) is 7.68. The quantitative estimate of drug-likeness (QED) is 0.737. The molecule has 0 saturated heterocycles. The third-order valence-corrected chi connectivity index (χ3v) is 6.33. The summed E-state index contributed by atoms with van der Waals surface area (Å²) < 4.78 is 65.1. The van der Waals surface area contributed by atoms with E-state index in [0.29, 0.717) is 30.6 Å². The Morgan fingerprint density at radius 3 is 2.53 bits per heavy atom. The molecule has 1 amide bonds. The summed E-state index contributed by atoms with van der Waals surface area (Å²) in [5.74, 6) is -4.27. The lowest BCUT2D eigenvalue weighted by Gasteiger charge is -2.28. The van der Waals surface area contributed by atoms with E-state index in [-0.39, 0.29) is 30.1 Å². The Morgan fingerprint density at radius 2 is 1.93 bits per heavy atom. The molecular weight excluding hydrogens is 421 g/mol. The topological polar surface area (TPSA) is 107 Å². The summed E-state index contributed by atoms with van der Waals surface area (Å²) in [5, 5.41) is 11.9. The number of aromatic nitrogens is 2. The summed E-state index contributed by atoms with van der Waals surface area (Å²) in [6.45, 7) is 3.76. The fraction of sp³-hybridized carbons (Fsp3) is 0.474. The van der Waals surface area contributed by atoms with Crippen molar-refractivity contribution >= 4 is 21.6 Å². The number of amides is 1. The van der Waals surface area contributed by atoms with Gasteiger partial charge in [-0.1, -0.05) is 0 Å². The monoisotopic (exact) mass is 444 g/mol. The van der Waals surface area contributed by atoms with Crippen molar-refractivity contribution in [1.82, 2.24) is 9.78 Å². The Bertz CT molecular complexity index is 1070. The maximum Gasteiger partial charge on any atom is 0.274 e. The fourth-order valence-corrected chi connectivity index (χ4v) is 4.24. The number of carbonyl (C=O) groups is 1. The van der Waals surface area contributed by atoms with Crippen molar-refractivity contribution in [2.45, 2.75) is 56.9 Å². The molecule has 7 nitrogen and oxygen atoms in total. The van der Waals surface area contributed by atoms with Gasteiger partial charge in [0.2, 0.25) is 15.9 Å². The summed E-state index contributed by atoms with van der Waals surface area (Å²) in [4.78, 5) is 12.2. The first kappa shape index (κ1) is 22.3. The molecule has 0 bridgehead atoms. The second kappa shape index (κ2) is 8.03. The highest BCUT2D eigenvalue weighted by Gasteiger charge is 2.35. The molecule has 1 heterocycles. The maximum atomic E-state index is 13.7. The van der Waals surface area contributed by atoms with Gasteiger partial charge in [0, 0.05) is 30.6 Å². The SMILES string of the molecule is Cc1nn(CC2CCC(F)(F)CC2)c(C(=O)Nc2ccc(F)c(S(N)(=O)=O)c2)c1C. The van der Waals surface area contributed by atoms with Crippen molar-refractivity contribution in [3.05, 3.63) is 41.0 Å². The van der Waals surface area contributed by atoms with Gasteiger partial charge in [0.25, 0.3) is 5.91 Å². The number of benzene rings is 1. The Labute approximate surface area is 172 Å². The average molecular weight is 444 g/mol. The van der Waals surface area contributed by atoms with Crippen LogP contribution in [-0.2, 0) is 16.6 Å². The van der Waals surface area contributed by atoms with Crippen molar-refractivity contribution in [2.75, 3.05) is 5.32 Å². The third-order valence-electron chi connectivity index (χ3n) is 5.41. The largest absolute Gasteiger partial charge is 0.321 e. The predicted octanol–water partition coefficient (Wildman–Crippen LogP) is 3.36. The van der Waals surface area contributed by atoms with Crippen LogP contribution in [0.1, 0.15) is 47.4 Å². The highest BCUT2D eigenvalue weighted by Crippen LogP contribution is 2.37. The number of primary sulfonamides is 1. The van der Waals surface area contributed by atoms with Gasteiger partial charge in [-0.05, 0) is 50.8 Å². The van der Waals surface area contributed by atoms with Crippen LogP contribution in [-0.4, -0.2) is 30.0 Å². The molecule has 0 unspecified atom stereocenters. The molecule has 164 valence electrons. The van der Waals surface area contributed by atoms with Crippen LogP contribution < -0.4 is 10.5 Å². The van der Waals surface area contributed by atoms with E-state index in [1.54, 1.807) is 13.8 Å². The number of hydrogen-bond donors (Lipinski definition) is 2. The normalized spacial score (nSPS) is 17.1. The molecule has 1 aliphatic rings. The Hall–Kier alpha value is -2.40. The van der Waals surface area contributed by atoms with Gasteiger partial charge in [0.15, 0.2) is 0 Å². The number of nitrogens with zero attached hydrogens (tertiary/aromatic N) is 2. The highest BCUT2D eigenvalue weighted by molar-refractivity contribution is 7.89. The average Bonchev–Trinajstić information content (AvgIpc) is 2.91. The first-order valence-corrected chi connectivity index (χ1v) is 11.0. The zero-order valence-corrected chi connectivity index (χ0v) is 17.4. The van der Waals surface area contributed by atoms with Crippen LogP contribution in [0, 0.1) is 25.6 Å². The van der Waals surface area contributed by atoms with E-state index >= 15 is 0 Å². The number of hydrogen-bond acceptors (Lipinski definition) is 4. The van der Waals surface area contributed by atoms with Gasteiger partial charge in [-0.2, -0.15) is 5.10 Å². The van der Waals surface area contributed by atoms with E-state index in [1.807, 2.05) is 0 Å². The lowest BCUT2D eigenvalue weighted by Crippen LogP contribution is -2.28. The van der Waals surface area contributed by atoms with Crippen LogP contribution in [0.4, 0.5) is 18.9 Å². The van der Waals surface area contributed by atoms with Gasteiger partial charge in [-0.25, -0.2) is 26.7 Å². The Balaban J connectivity index is 1.83. The molecule has 0 radical (unpaired) electrons. The maximum absolute atomic E-state index is 13.7. The van der Waals surface area contributed by atoms with Gasteiger partial charge < -0.3 is 5.32 Å². The van der Waals surface area contributed by atoms with Crippen LogP contribution in [0.2, 0.25) is 0 Å². The summed E-state index contributed by atoms with van der Waals surface area (Å²) >= 11 is 0. The number of nitrogens with one attached hydrogen (secondary N) is 1. The van der Waals surface area contributed by atoms with Crippen LogP contribution >= 0.6 is 0 Å². The molecule has 1 aromatic carbocycles. The molecule has 30 heavy (non-hydrogen) atoms. The van der Waals surface area contributed by atoms with Gasteiger partial charge in [0.1, 0.15) is 16.4 Å². The van der Waals surface area contributed by atoms with Gasteiger partial charge in [-0.3, -0.25) is 9.48 Å². The number of aryl methyl sites for hydroxylation is 1. The van der Waals surface area contributed by atoms with Crippen molar-refractivity contribution in [3.8, 4) is 0 Å². The summed E-state index contributed by atoms with van der Waals surface area (Å²) in [6, 6.07) is 3.05. The predicted molar refractivity (Wildman–Crippen MR) is 104 cm³/mol. The number of rotatable bonds is 5. The first-order valence-electron chi connectivity index (χ1n) is 9.43. The smallest absolute Gasteiger partial charge is 0.274 e. The number of sulfonamides is 1. The molecule has 11 heteroatoms. The molecule has 2 aromatic rings. The van der Waals surface area contributed by atoms with E-state index in [1.165, 1.54) is 10.7 Å². The second-order valence-corrected chi connectivity index (χ2v) is 9.21. The van der Waals surface area contributed by atoms with Crippen molar-refractivity contribution in [2.24, 2.45) is 11.1 Å². The first-order chi connectivity index (χ1) is 13.9. The molecule has 1 saturated carbocycles. The molecule has 0 atom stereocenters. The lowest BCUT2D eigenvalue weighted by atomic mass is 9.87. The molecule has 3 N–H and O–H groups in total. The zero-order chi connectivity index (χ0) is 22.3. The molecule has 3 rings (SSSR count). The summed E-state index contributed by atoms with van der Waals surface area (Å²) in [7, 11) is -4.30. The van der Waals surface area contributed by atoms with Crippen LogP contribution in [0.15, 0.2) is 23.1 Å². The number of nitrogens with two attached hydrogens (primary N) is 1. The number of anilines is 1. The molecule has 0 spiro atoms. The Morgan fingerprint density at radius 1 is 1.30 bits per heavy atom. The van der Waals surface area contributed by atoms with Crippen molar-refractivity contribution < 1.29 is 26.4 Å². The van der Waals surface area contributed by atoms with E-state index in [4.69, 9.17) is 5.14 Å². The summed E-state index contributed by atoms with van der Waals surface area (Å²) in [6.07, 6.45) is 0.290. The lowest BCUT2D eigenvalue weighted by molar-refractivity contribution is -0.0477. The van der Waals surface area contributed by atoms with Crippen molar-refractivity contribution in [1.29, 1.82) is 0 Å². The van der Waals surface area contributed by atoms with Gasteiger partial charge in [0.05, 0.1) is 5.69 Å². The molecule has 1 aliphatic carbocycles. The fourth-order valence-electron chi connectivity index (χ4n) is 3.61. The molecular formula is C19H23F3N4O3S. The number of halogens is 3. The minimum atomic E-state index is -4.30. The highest BCUT2D eigenvalue weighted by atomic mass is 32.2. The van der Waals surface area contributed by atoms with E-state index in [9.17, 15) is 26.4 Å². The molecule has 1 aromatic heterocycles. The third kappa shape index (κ3) is 4.84.